The van der Waals surface area contributed by atoms with Crippen molar-refractivity contribution in [3.05, 3.63) is 0 Å². The molecular formula is C13H20N2O3S. The number of piperidine rings is 1. The molecule has 3 rings (SSSR count). The summed E-state index contributed by atoms with van der Waals surface area (Å²) in [6.07, 6.45) is 4.10. The van der Waals surface area contributed by atoms with E-state index in [0.29, 0.717) is 18.9 Å². The summed E-state index contributed by atoms with van der Waals surface area (Å²) >= 11 is 1.95. The molecule has 2 amide bonds. The molecule has 6 heteroatoms. The molecule has 3 aliphatic heterocycles. The van der Waals surface area contributed by atoms with Gasteiger partial charge in [-0.2, -0.15) is 11.8 Å². The summed E-state index contributed by atoms with van der Waals surface area (Å²) < 4.78 is 5.97. The predicted molar refractivity (Wildman–Crippen MR) is 73.0 cm³/mol. The van der Waals surface area contributed by atoms with E-state index in [2.05, 4.69) is 10.6 Å². The SMILES string of the molecule is O=C1CCC(NC2CCOC3(CCSC3)C2)C(=O)N1. The fourth-order valence-electron chi connectivity index (χ4n) is 3.17. The third-order valence-electron chi connectivity index (χ3n) is 4.24. The van der Waals surface area contributed by atoms with Crippen molar-refractivity contribution in [1.29, 1.82) is 0 Å². The van der Waals surface area contributed by atoms with Gasteiger partial charge in [-0.25, -0.2) is 0 Å². The lowest BCUT2D eigenvalue weighted by Gasteiger charge is -2.39. The fraction of sp³-hybridized carbons (Fsp3) is 0.846. The van der Waals surface area contributed by atoms with Gasteiger partial charge >= 0.3 is 0 Å². The number of carbonyl (C=O) groups excluding carboxylic acids is 2. The third-order valence-corrected chi connectivity index (χ3v) is 5.46. The van der Waals surface area contributed by atoms with Gasteiger partial charge in [0.25, 0.3) is 0 Å². The van der Waals surface area contributed by atoms with E-state index in [0.717, 1.165) is 31.6 Å². The Morgan fingerprint density at radius 1 is 1.37 bits per heavy atom. The van der Waals surface area contributed by atoms with Gasteiger partial charge in [0, 0.05) is 24.8 Å². The number of hydrogen-bond donors (Lipinski definition) is 2. The highest BCUT2D eigenvalue weighted by Crippen LogP contribution is 2.38. The van der Waals surface area contributed by atoms with E-state index in [-0.39, 0.29) is 23.5 Å². The minimum Gasteiger partial charge on any atom is -0.374 e. The summed E-state index contributed by atoms with van der Waals surface area (Å²) in [5.41, 5.74) is 0.0293. The second-order valence-corrected chi connectivity index (χ2v) is 6.80. The average Bonchev–Trinajstić information content (AvgIpc) is 2.81. The highest BCUT2D eigenvalue weighted by atomic mass is 32.2. The van der Waals surface area contributed by atoms with Crippen molar-refractivity contribution < 1.29 is 14.3 Å². The lowest BCUT2D eigenvalue weighted by atomic mass is 9.89. The summed E-state index contributed by atoms with van der Waals surface area (Å²) in [6.45, 7) is 0.769. The van der Waals surface area contributed by atoms with Gasteiger partial charge in [0.05, 0.1) is 11.6 Å². The smallest absolute Gasteiger partial charge is 0.243 e. The molecule has 3 saturated heterocycles. The molecule has 106 valence electrons. The maximum atomic E-state index is 11.8. The topological polar surface area (TPSA) is 67.4 Å². The molecule has 3 atom stereocenters. The molecule has 0 aromatic heterocycles. The standard InChI is InChI=1S/C13H20N2O3S/c16-11-2-1-10(12(17)15-11)14-9-3-5-18-13(7-9)4-6-19-8-13/h9-10,14H,1-8H2,(H,15,16,17). The summed E-state index contributed by atoms with van der Waals surface area (Å²) in [6, 6.07) is 0.114. The zero-order chi connectivity index (χ0) is 13.3. The minimum absolute atomic E-state index is 0.0293. The maximum Gasteiger partial charge on any atom is 0.243 e. The summed E-state index contributed by atoms with van der Waals surface area (Å²) in [5.74, 6) is 1.92. The van der Waals surface area contributed by atoms with Crippen LogP contribution < -0.4 is 10.6 Å². The third kappa shape index (κ3) is 2.95. The Kier molecular flexibility index (Phi) is 3.82. The first-order valence-corrected chi connectivity index (χ1v) is 8.14. The van der Waals surface area contributed by atoms with Gasteiger partial charge in [-0.1, -0.05) is 0 Å². The molecule has 0 saturated carbocycles. The number of thioether (sulfide) groups is 1. The zero-order valence-corrected chi connectivity index (χ0v) is 11.8. The quantitative estimate of drug-likeness (QED) is 0.720. The van der Waals surface area contributed by atoms with E-state index in [9.17, 15) is 9.59 Å². The average molecular weight is 284 g/mol. The molecular weight excluding hydrogens is 264 g/mol. The normalized spacial score (nSPS) is 39.6. The van der Waals surface area contributed by atoms with Crippen molar-refractivity contribution in [2.45, 2.75) is 49.8 Å². The van der Waals surface area contributed by atoms with Gasteiger partial charge in [-0.05, 0) is 31.4 Å². The van der Waals surface area contributed by atoms with Crippen LogP contribution in [-0.2, 0) is 14.3 Å². The lowest BCUT2D eigenvalue weighted by Crippen LogP contribution is -2.56. The number of hydrogen-bond acceptors (Lipinski definition) is 5. The Morgan fingerprint density at radius 2 is 2.26 bits per heavy atom. The van der Waals surface area contributed by atoms with Gasteiger partial charge in [0.1, 0.15) is 0 Å². The van der Waals surface area contributed by atoms with Crippen molar-refractivity contribution in [1.82, 2.24) is 10.6 Å². The van der Waals surface area contributed by atoms with E-state index < -0.39 is 0 Å². The molecule has 0 aromatic rings. The van der Waals surface area contributed by atoms with Crippen LogP contribution in [0.5, 0.6) is 0 Å². The number of rotatable bonds is 2. The van der Waals surface area contributed by atoms with Crippen LogP contribution in [0.25, 0.3) is 0 Å². The van der Waals surface area contributed by atoms with Gasteiger partial charge in [0.2, 0.25) is 11.8 Å². The second kappa shape index (κ2) is 5.42. The van der Waals surface area contributed by atoms with Crippen molar-refractivity contribution in [2.75, 3.05) is 18.1 Å². The van der Waals surface area contributed by atoms with Crippen LogP contribution in [0.15, 0.2) is 0 Å². The monoisotopic (exact) mass is 284 g/mol. The van der Waals surface area contributed by atoms with Crippen LogP contribution in [0.2, 0.25) is 0 Å². The Bertz CT molecular complexity index is 382. The number of imide groups is 1. The largest absolute Gasteiger partial charge is 0.374 e. The first-order chi connectivity index (χ1) is 9.17. The summed E-state index contributed by atoms with van der Waals surface area (Å²) in [4.78, 5) is 22.9. The number of nitrogens with one attached hydrogen (secondary N) is 2. The summed E-state index contributed by atoms with van der Waals surface area (Å²) in [7, 11) is 0. The van der Waals surface area contributed by atoms with Crippen LogP contribution in [0.1, 0.15) is 32.1 Å². The van der Waals surface area contributed by atoms with Crippen LogP contribution in [0, 0.1) is 0 Å². The van der Waals surface area contributed by atoms with Gasteiger partial charge in [0.15, 0.2) is 0 Å². The Morgan fingerprint density at radius 3 is 3.00 bits per heavy atom. The number of carbonyl (C=O) groups is 2. The molecule has 1 spiro atoms. The van der Waals surface area contributed by atoms with Crippen molar-refractivity contribution in [3.8, 4) is 0 Å². The van der Waals surface area contributed by atoms with Gasteiger partial charge in [-0.15, -0.1) is 0 Å². The Labute approximate surface area is 117 Å². The molecule has 3 heterocycles. The van der Waals surface area contributed by atoms with Crippen molar-refractivity contribution in [2.24, 2.45) is 0 Å². The Balaban J connectivity index is 1.57. The van der Waals surface area contributed by atoms with Crippen LogP contribution >= 0.6 is 11.8 Å². The lowest BCUT2D eigenvalue weighted by molar-refractivity contribution is -0.135. The highest BCUT2D eigenvalue weighted by molar-refractivity contribution is 7.99. The Hall–Kier alpha value is -0.590. The van der Waals surface area contributed by atoms with Crippen LogP contribution in [0.3, 0.4) is 0 Å². The number of ether oxygens (including phenoxy) is 1. The molecule has 3 fully saturated rings. The van der Waals surface area contributed by atoms with Crippen LogP contribution in [-0.4, -0.2) is 47.6 Å². The van der Waals surface area contributed by atoms with E-state index in [1.807, 2.05) is 11.8 Å². The highest BCUT2D eigenvalue weighted by Gasteiger charge is 2.41. The zero-order valence-electron chi connectivity index (χ0n) is 10.9. The van der Waals surface area contributed by atoms with Crippen LogP contribution in [0.4, 0.5) is 0 Å². The van der Waals surface area contributed by atoms with E-state index >= 15 is 0 Å². The molecule has 0 aromatic carbocycles. The molecule has 0 bridgehead atoms. The molecule has 3 unspecified atom stereocenters. The van der Waals surface area contributed by atoms with Crippen molar-refractivity contribution >= 4 is 23.6 Å². The maximum absolute atomic E-state index is 11.8. The summed E-state index contributed by atoms with van der Waals surface area (Å²) in [5, 5.41) is 5.83. The fourth-order valence-corrected chi connectivity index (χ4v) is 4.55. The molecule has 2 N–H and O–H groups in total. The van der Waals surface area contributed by atoms with E-state index in [1.54, 1.807) is 0 Å². The van der Waals surface area contributed by atoms with E-state index in [4.69, 9.17) is 4.74 Å². The molecule has 19 heavy (non-hydrogen) atoms. The first kappa shape index (κ1) is 13.4. The van der Waals surface area contributed by atoms with Gasteiger partial charge in [-0.3, -0.25) is 14.9 Å². The van der Waals surface area contributed by atoms with Crippen molar-refractivity contribution in [3.63, 3.8) is 0 Å². The first-order valence-electron chi connectivity index (χ1n) is 6.98. The van der Waals surface area contributed by atoms with Gasteiger partial charge < -0.3 is 10.1 Å². The molecule has 0 aliphatic carbocycles. The second-order valence-electron chi connectivity index (χ2n) is 5.69. The predicted octanol–water partition coefficient (Wildman–Crippen LogP) is 0.436. The minimum atomic E-state index is -0.216. The number of amides is 2. The van der Waals surface area contributed by atoms with E-state index in [1.165, 1.54) is 5.75 Å². The molecule has 3 aliphatic rings. The molecule has 0 radical (unpaired) electrons. The molecule has 5 nitrogen and oxygen atoms in total.